The van der Waals surface area contributed by atoms with Crippen LogP contribution in [0.5, 0.6) is 0 Å². The van der Waals surface area contributed by atoms with Gasteiger partial charge in [0.15, 0.2) is 0 Å². The first-order valence-electron chi connectivity index (χ1n) is 9.42. The highest BCUT2D eigenvalue weighted by molar-refractivity contribution is 5.90. The van der Waals surface area contributed by atoms with E-state index in [1.54, 1.807) is 12.1 Å². The standard InChI is InChI=1S/C19H25FN4O3/c1-11(25)22-6-5-13-8-24(19(26)27-13)12-3-4-17(16(20)7-12)23-9-14-15(10-23)18(14)21-2/h3-4,7,13-15,18,21H,5-6,8-10H2,1-2H3,(H,22,25)/t13-,14-,15+,18?/m0/s1. The fourth-order valence-corrected chi connectivity index (χ4v) is 4.36. The lowest BCUT2D eigenvalue weighted by molar-refractivity contribution is -0.119. The van der Waals surface area contributed by atoms with Gasteiger partial charge in [-0.1, -0.05) is 0 Å². The van der Waals surface area contributed by atoms with Crippen molar-refractivity contribution >= 4 is 23.4 Å². The molecule has 2 aliphatic heterocycles. The molecule has 146 valence electrons. The second kappa shape index (κ2) is 6.99. The number of rotatable bonds is 6. The van der Waals surface area contributed by atoms with Crippen LogP contribution in [0.25, 0.3) is 0 Å². The van der Waals surface area contributed by atoms with Gasteiger partial charge in [0.1, 0.15) is 11.9 Å². The van der Waals surface area contributed by atoms with Gasteiger partial charge < -0.3 is 20.3 Å². The van der Waals surface area contributed by atoms with Crippen LogP contribution >= 0.6 is 0 Å². The predicted octanol–water partition coefficient (Wildman–Crippen LogP) is 1.33. The minimum absolute atomic E-state index is 0.116. The number of halogens is 1. The normalized spacial score (nSPS) is 28.9. The van der Waals surface area contributed by atoms with Gasteiger partial charge in [-0.2, -0.15) is 0 Å². The highest BCUT2D eigenvalue weighted by atomic mass is 19.1. The van der Waals surface area contributed by atoms with Crippen LogP contribution in [0.3, 0.4) is 0 Å². The van der Waals surface area contributed by atoms with Crippen molar-refractivity contribution < 1.29 is 18.7 Å². The highest BCUT2D eigenvalue weighted by Crippen LogP contribution is 2.47. The molecule has 0 bridgehead atoms. The molecule has 4 atom stereocenters. The molecule has 2 N–H and O–H groups in total. The second-order valence-electron chi connectivity index (χ2n) is 7.57. The number of amides is 2. The molecule has 1 aromatic carbocycles. The summed E-state index contributed by atoms with van der Waals surface area (Å²) in [6.07, 6.45) is -0.253. The average molecular weight is 376 g/mol. The van der Waals surface area contributed by atoms with Gasteiger partial charge in [-0.25, -0.2) is 9.18 Å². The van der Waals surface area contributed by atoms with E-state index >= 15 is 0 Å². The molecule has 0 radical (unpaired) electrons. The fourth-order valence-electron chi connectivity index (χ4n) is 4.36. The topological polar surface area (TPSA) is 73.9 Å². The van der Waals surface area contributed by atoms with Gasteiger partial charge in [0.05, 0.1) is 17.9 Å². The maximum absolute atomic E-state index is 14.7. The zero-order valence-corrected chi connectivity index (χ0v) is 15.6. The van der Waals surface area contributed by atoms with Gasteiger partial charge in [-0.05, 0) is 37.1 Å². The molecule has 7 nitrogen and oxygen atoms in total. The summed E-state index contributed by atoms with van der Waals surface area (Å²) in [4.78, 5) is 26.6. The smallest absolute Gasteiger partial charge is 0.414 e. The van der Waals surface area contributed by atoms with Crippen molar-refractivity contribution in [2.75, 3.05) is 43.0 Å². The van der Waals surface area contributed by atoms with E-state index in [-0.39, 0.29) is 17.8 Å². The van der Waals surface area contributed by atoms with Gasteiger partial charge in [-0.3, -0.25) is 9.69 Å². The minimum Gasteiger partial charge on any atom is -0.444 e. The van der Waals surface area contributed by atoms with Crippen LogP contribution in [-0.2, 0) is 9.53 Å². The molecule has 2 amide bonds. The summed E-state index contributed by atoms with van der Waals surface area (Å²) < 4.78 is 20.0. The van der Waals surface area contributed by atoms with Gasteiger partial charge >= 0.3 is 6.09 Å². The highest BCUT2D eigenvalue weighted by Gasteiger charge is 2.55. The average Bonchev–Trinajstić information content (AvgIpc) is 2.92. The predicted molar refractivity (Wildman–Crippen MR) is 99.4 cm³/mol. The van der Waals surface area contributed by atoms with Crippen LogP contribution in [0, 0.1) is 17.7 Å². The van der Waals surface area contributed by atoms with E-state index in [4.69, 9.17) is 4.74 Å². The first-order valence-corrected chi connectivity index (χ1v) is 9.42. The molecule has 1 saturated carbocycles. The van der Waals surface area contributed by atoms with E-state index in [1.807, 2.05) is 7.05 Å². The second-order valence-corrected chi connectivity index (χ2v) is 7.57. The number of nitrogens with one attached hydrogen (secondary N) is 2. The minimum atomic E-state index is -0.478. The maximum atomic E-state index is 14.7. The summed E-state index contributed by atoms with van der Waals surface area (Å²) in [5.41, 5.74) is 1.09. The molecule has 4 rings (SSSR count). The number of hydrogen-bond donors (Lipinski definition) is 2. The Labute approximate surface area is 157 Å². The van der Waals surface area contributed by atoms with Crippen LogP contribution < -0.4 is 20.4 Å². The Bertz CT molecular complexity index is 746. The van der Waals surface area contributed by atoms with Crippen molar-refractivity contribution in [3.63, 3.8) is 0 Å². The van der Waals surface area contributed by atoms with Gasteiger partial charge in [0.2, 0.25) is 5.91 Å². The summed E-state index contributed by atoms with van der Waals surface area (Å²) in [5.74, 6) is 0.776. The number of carbonyl (C=O) groups is 2. The number of cyclic esters (lactones) is 1. The van der Waals surface area contributed by atoms with Crippen molar-refractivity contribution in [1.82, 2.24) is 10.6 Å². The molecule has 3 fully saturated rings. The van der Waals surface area contributed by atoms with Crippen LogP contribution in [0.4, 0.5) is 20.6 Å². The Hall–Kier alpha value is -2.35. The molecule has 0 aromatic heterocycles. The fraction of sp³-hybridized carbons (Fsp3) is 0.579. The lowest BCUT2D eigenvalue weighted by Gasteiger charge is -2.23. The van der Waals surface area contributed by atoms with Crippen LogP contribution in [0.1, 0.15) is 13.3 Å². The molecular weight excluding hydrogens is 351 g/mol. The van der Waals surface area contributed by atoms with E-state index in [1.165, 1.54) is 17.9 Å². The Morgan fingerprint density at radius 1 is 1.30 bits per heavy atom. The molecular formula is C19H25FN4O3. The summed E-state index contributed by atoms with van der Waals surface area (Å²) >= 11 is 0. The van der Waals surface area contributed by atoms with Crippen molar-refractivity contribution in [3.05, 3.63) is 24.0 Å². The van der Waals surface area contributed by atoms with E-state index in [9.17, 15) is 14.0 Å². The summed E-state index contributed by atoms with van der Waals surface area (Å²) in [5, 5.41) is 5.99. The monoisotopic (exact) mass is 376 g/mol. The lowest BCUT2D eigenvalue weighted by atomic mass is 10.2. The van der Waals surface area contributed by atoms with Crippen LogP contribution in [0.15, 0.2) is 18.2 Å². The Morgan fingerprint density at radius 2 is 2.04 bits per heavy atom. The molecule has 3 aliphatic rings. The van der Waals surface area contributed by atoms with Crippen molar-refractivity contribution in [1.29, 1.82) is 0 Å². The zero-order valence-electron chi connectivity index (χ0n) is 15.6. The SMILES string of the molecule is CNC1[C@H]2CN(c3ccc(N4C[C@H](CCNC(C)=O)OC4=O)cc3F)C[C@@H]12. The van der Waals surface area contributed by atoms with Gasteiger partial charge in [0, 0.05) is 39.0 Å². The van der Waals surface area contributed by atoms with E-state index in [0.717, 1.165) is 13.1 Å². The number of fused-ring (bicyclic) bond motifs is 1. The Balaban J connectivity index is 1.38. The van der Waals surface area contributed by atoms with Crippen molar-refractivity contribution in [2.24, 2.45) is 11.8 Å². The number of ether oxygens (including phenoxy) is 1. The van der Waals surface area contributed by atoms with Crippen molar-refractivity contribution in [2.45, 2.75) is 25.5 Å². The van der Waals surface area contributed by atoms with E-state index in [2.05, 4.69) is 15.5 Å². The van der Waals surface area contributed by atoms with Crippen molar-refractivity contribution in [3.8, 4) is 0 Å². The van der Waals surface area contributed by atoms with E-state index in [0.29, 0.717) is 48.8 Å². The van der Waals surface area contributed by atoms with Crippen LogP contribution in [-0.4, -0.2) is 57.4 Å². The number of nitrogens with zero attached hydrogens (tertiary/aromatic N) is 2. The largest absolute Gasteiger partial charge is 0.444 e. The quantitative estimate of drug-likeness (QED) is 0.784. The number of carbonyl (C=O) groups excluding carboxylic acids is 2. The maximum Gasteiger partial charge on any atom is 0.414 e. The third-order valence-electron chi connectivity index (χ3n) is 5.83. The number of hydrogen-bond acceptors (Lipinski definition) is 5. The molecule has 2 heterocycles. The first kappa shape index (κ1) is 18.0. The molecule has 27 heavy (non-hydrogen) atoms. The molecule has 1 aromatic rings. The van der Waals surface area contributed by atoms with Gasteiger partial charge in [0.25, 0.3) is 0 Å². The molecule has 1 unspecified atom stereocenters. The lowest BCUT2D eigenvalue weighted by Crippen LogP contribution is -2.30. The molecule has 1 aliphatic carbocycles. The first-order chi connectivity index (χ1) is 13.0. The molecule has 2 saturated heterocycles. The Kier molecular flexibility index (Phi) is 4.67. The summed E-state index contributed by atoms with van der Waals surface area (Å²) in [6, 6.07) is 5.50. The molecule has 8 heteroatoms. The number of anilines is 2. The Morgan fingerprint density at radius 3 is 2.67 bits per heavy atom. The van der Waals surface area contributed by atoms with Gasteiger partial charge in [-0.15, -0.1) is 0 Å². The third kappa shape index (κ3) is 3.45. The molecule has 0 spiro atoms. The third-order valence-corrected chi connectivity index (χ3v) is 5.83. The number of piperidine rings is 1. The van der Waals surface area contributed by atoms with E-state index < -0.39 is 6.09 Å². The summed E-state index contributed by atoms with van der Waals surface area (Å²) in [6.45, 7) is 3.97. The number of benzene rings is 1. The zero-order chi connectivity index (χ0) is 19.1. The van der Waals surface area contributed by atoms with Crippen LogP contribution in [0.2, 0.25) is 0 Å². The summed E-state index contributed by atoms with van der Waals surface area (Å²) in [7, 11) is 1.97.